The maximum Gasteiger partial charge on any atom is 0.325 e. The van der Waals surface area contributed by atoms with Crippen LogP contribution in [0.25, 0.3) is 0 Å². The molecule has 0 fully saturated rings. The van der Waals surface area contributed by atoms with Crippen molar-refractivity contribution in [1.82, 2.24) is 9.80 Å². The van der Waals surface area contributed by atoms with Gasteiger partial charge in [-0.3, -0.25) is 4.18 Å². The van der Waals surface area contributed by atoms with Gasteiger partial charge in [0, 0.05) is 26.2 Å². The summed E-state index contributed by atoms with van der Waals surface area (Å²) < 4.78 is 32.0. The summed E-state index contributed by atoms with van der Waals surface area (Å²) in [6, 6.07) is 0. The first-order chi connectivity index (χ1) is 9.80. The number of nitrogens with zero attached hydrogens (tertiary/aromatic N) is 2. The molecule has 0 radical (unpaired) electrons. The summed E-state index contributed by atoms with van der Waals surface area (Å²) in [4.78, 5) is 4.89. The second kappa shape index (κ2) is 13.5. The molecule has 21 heavy (non-hydrogen) atoms. The molecule has 0 amide bonds. The predicted molar refractivity (Wildman–Crippen MR) is 90.1 cm³/mol. The summed E-state index contributed by atoms with van der Waals surface area (Å²) in [5.74, 6) is 1.16. The van der Waals surface area contributed by atoms with Crippen molar-refractivity contribution in [1.29, 1.82) is 0 Å². The van der Waals surface area contributed by atoms with Crippen molar-refractivity contribution in [3.05, 3.63) is 0 Å². The van der Waals surface area contributed by atoms with Crippen LogP contribution in [0.5, 0.6) is 0 Å². The van der Waals surface area contributed by atoms with Crippen LogP contribution in [0.4, 0.5) is 0 Å². The van der Waals surface area contributed by atoms with E-state index in [-0.39, 0.29) is 6.61 Å². The third kappa shape index (κ3) is 12.1. The fourth-order valence-electron chi connectivity index (χ4n) is 1.64. The summed E-state index contributed by atoms with van der Waals surface area (Å²) in [5.41, 5.74) is 0. The highest BCUT2D eigenvalue weighted by Gasteiger charge is 2.23. The van der Waals surface area contributed by atoms with E-state index in [4.69, 9.17) is 0 Å². The lowest BCUT2D eigenvalue weighted by molar-refractivity contribution is 0.275. The first-order valence-corrected chi connectivity index (χ1v) is 9.72. The van der Waals surface area contributed by atoms with Crippen LogP contribution in [0.1, 0.15) is 41.5 Å². The van der Waals surface area contributed by atoms with E-state index in [1.165, 1.54) is 12.0 Å². The van der Waals surface area contributed by atoms with Gasteiger partial charge in [0.2, 0.25) is 21.7 Å². The second-order valence-corrected chi connectivity index (χ2v) is 6.16. The lowest BCUT2D eigenvalue weighted by Crippen LogP contribution is -2.44. The Bertz CT molecular complexity index is 350. The van der Waals surface area contributed by atoms with Crippen LogP contribution in [0.15, 0.2) is 0 Å². The minimum Gasteiger partial charge on any atom is -0.726 e. The average molecular weight is 343 g/mol. The zero-order valence-electron chi connectivity index (χ0n) is 14.1. The fourth-order valence-corrected chi connectivity index (χ4v) is 3.07. The van der Waals surface area contributed by atoms with Crippen LogP contribution in [0.2, 0.25) is 0 Å². The first kappa shape index (κ1) is 23.2. The van der Waals surface area contributed by atoms with E-state index in [2.05, 4.69) is 48.6 Å². The molecule has 0 aliphatic heterocycles. The Hall–Kier alpha value is -0.120. The molecular weight excluding hydrogens is 312 g/mol. The molecule has 0 aliphatic carbocycles. The molecule has 0 bridgehead atoms. The fraction of sp³-hybridized carbons (Fsp3) is 0.923. The minimum atomic E-state index is -4.42. The molecule has 0 saturated carbocycles. The molecule has 0 atom stereocenters. The van der Waals surface area contributed by atoms with Gasteiger partial charge < -0.3 is 4.55 Å². The summed E-state index contributed by atoms with van der Waals surface area (Å²) in [6.45, 7) is 16.9. The Kier molecular flexibility index (Phi) is 14.9. The molecule has 6 nitrogen and oxygen atoms in total. The molecule has 0 aromatic rings. The van der Waals surface area contributed by atoms with Crippen LogP contribution >= 0.6 is 0 Å². The van der Waals surface area contributed by atoms with Crippen LogP contribution in [0, 0.1) is 0 Å². The molecule has 128 valence electrons. The average Bonchev–Trinajstić information content (AvgIpc) is 2.41. The van der Waals surface area contributed by atoms with Crippen molar-refractivity contribution in [3.8, 4) is 0 Å². The van der Waals surface area contributed by atoms with Crippen LogP contribution < -0.4 is 0 Å². The van der Waals surface area contributed by atoms with Gasteiger partial charge in [-0.05, 0) is 13.8 Å². The highest BCUT2D eigenvalue weighted by Crippen LogP contribution is 1.98. The van der Waals surface area contributed by atoms with E-state index in [1.807, 2.05) is 11.4 Å². The van der Waals surface area contributed by atoms with Gasteiger partial charge in [0.1, 0.15) is 0 Å². The minimum absolute atomic E-state index is 0.0914. The van der Waals surface area contributed by atoms with Gasteiger partial charge in [0.05, 0.1) is 6.61 Å². The van der Waals surface area contributed by atoms with E-state index in [1.54, 1.807) is 0 Å². The maximum atomic E-state index is 9.45. The Balaban J connectivity index is 0. The standard InChI is InChI=1S/C11H25N2S.C2H6O4S/c1-6-12(7-2)11(14-10-5)13(8-3)9-4;1-2-6-7(3,4)5/h6-10H2,1-5H3;2H2,1H3,(H,3,4,5)/q+1;/p-1. The molecular formula is C13H30N2O4S2. The number of hydrogen-bond acceptors (Lipinski definition) is 4. The van der Waals surface area contributed by atoms with Crippen LogP contribution in [-0.4, -0.2) is 66.4 Å². The molecule has 0 saturated heterocycles. The summed E-state index contributed by atoms with van der Waals surface area (Å²) >= 11 is 1.96. The predicted octanol–water partition coefficient (Wildman–Crippen LogP) is 1.34. The highest BCUT2D eigenvalue weighted by molar-refractivity contribution is 7.80. The van der Waals surface area contributed by atoms with E-state index in [0.29, 0.717) is 0 Å². The van der Waals surface area contributed by atoms with Gasteiger partial charge in [-0.1, -0.05) is 27.7 Å². The van der Waals surface area contributed by atoms with Crippen molar-refractivity contribution >= 4 is 26.9 Å². The summed E-state index contributed by atoms with van der Waals surface area (Å²) in [7, 11) is -4.42. The molecule has 0 aromatic heterocycles. The first-order valence-electron chi connectivity index (χ1n) is 7.40. The van der Waals surface area contributed by atoms with Crippen molar-refractivity contribution in [3.63, 3.8) is 0 Å². The molecule has 8 heteroatoms. The van der Waals surface area contributed by atoms with Crippen molar-refractivity contribution in [2.45, 2.75) is 41.5 Å². The third-order valence-electron chi connectivity index (χ3n) is 2.60. The zero-order chi connectivity index (χ0) is 16.9. The van der Waals surface area contributed by atoms with E-state index in [0.717, 1.165) is 31.9 Å². The van der Waals surface area contributed by atoms with Crippen molar-refractivity contribution < 1.29 is 17.2 Å². The van der Waals surface area contributed by atoms with Crippen molar-refractivity contribution in [2.75, 3.05) is 38.5 Å². The molecule has 0 unspecified atom stereocenters. The van der Waals surface area contributed by atoms with Crippen molar-refractivity contribution in [2.24, 2.45) is 0 Å². The normalized spacial score (nSPS) is 11.3. The van der Waals surface area contributed by atoms with E-state index < -0.39 is 10.4 Å². The van der Waals surface area contributed by atoms with Gasteiger partial charge in [-0.25, -0.2) is 18.2 Å². The largest absolute Gasteiger partial charge is 0.726 e. The molecule has 0 spiro atoms. The molecule has 0 rings (SSSR count). The maximum absolute atomic E-state index is 9.45. The SMILES string of the molecule is CCOS(=O)(=O)[O-].CC[S+]=C(N(CC)CC)N(CC)CC. The lowest BCUT2D eigenvalue weighted by atomic mass is 10.5. The zero-order valence-corrected chi connectivity index (χ0v) is 15.7. The molecule has 0 aliphatic rings. The Morgan fingerprint density at radius 1 is 0.952 bits per heavy atom. The third-order valence-corrected chi connectivity index (χ3v) is 4.19. The number of hydrogen-bond donors (Lipinski definition) is 0. The van der Waals surface area contributed by atoms with Gasteiger partial charge in [-0.15, -0.1) is 0 Å². The Labute approximate surface area is 134 Å². The topological polar surface area (TPSA) is 72.9 Å². The van der Waals surface area contributed by atoms with Crippen LogP contribution in [-0.2, 0) is 25.9 Å². The Morgan fingerprint density at radius 3 is 1.48 bits per heavy atom. The highest BCUT2D eigenvalue weighted by atomic mass is 32.3. The van der Waals surface area contributed by atoms with E-state index in [9.17, 15) is 13.0 Å². The van der Waals surface area contributed by atoms with Crippen LogP contribution in [0.3, 0.4) is 0 Å². The van der Waals surface area contributed by atoms with Gasteiger partial charge >= 0.3 is 5.11 Å². The Morgan fingerprint density at radius 2 is 1.33 bits per heavy atom. The smallest absolute Gasteiger partial charge is 0.325 e. The summed E-state index contributed by atoms with van der Waals surface area (Å²) in [6.07, 6.45) is 0. The molecule has 0 N–H and O–H groups in total. The molecule has 0 heterocycles. The monoisotopic (exact) mass is 342 g/mol. The quantitative estimate of drug-likeness (QED) is 0.301. The van der Waals surface area contributed by atoms with Gasteiger partial charge in [0.15, 0.2) is 5.75 Å². The van der Waals surface area contributed by atoms with E-state index >= 15 is 0 Å². The summed E-state index contributed by atoms with van der Waals surface area (Å²) in [5, 5.41) is 1.45. The van der Waals surface area contributed by atoms with Gasteiger partial charge in [-0.2, -0.15) is 0 Å². The number of rotatable bonds is 7. The second-order valence-electron chi connectivity index (χ2n) is 3.87. The lowest BCUT2D eigenvalue weighted by Gasteiger charge is -2.22. The van der Waals surface area contributed by atoms with Gasteiger partial charge in [0.25, 0.3) is 0 Å². The molecule has 0 aromatic carbocycles.